The van der Waals surface area contributed by atoms with Gasteiger partial charge in [0.1, 0.15) is 0 Å². The monoisotopic (exact) mass is 221 g/mol. The van der Waals surface area contributed by atoms with Crippen molar-refractivity contribution in [3.05, 3.63) is 33.9 Å². The van der Waals surface area contributed by atoms with E-state index < -0.39 is 4.92 Å². The molecule has 2 rings (SSSR count). The lowest BCUT2D eigenvalue weighted by Gasteiger charge is -2.15. The van der Waals surface area contributed by atoms with Gasteiger partial charge in [-0.3, -0.25) is 15.0 Å². The van der Waals surface area contributed by atoms with Crippen LogP contribution in [0.5, 0.6) is 0 Å². The number of carbonyl (C=O) groups excluding carboxylic acids is 1. The van der Waals surface area contributed by atoms with Crippen molar-refractivity contribution in [3.8, 4) is 0 Å². The highest BCUT2D eigenvalue weighted by Gasteiger charge is 2.25. The minimum absolute atomic E-state index is 0.00885. The Bertz CT molecular complexity index is 459. The van der Waals surface area contributed by atoms with Crippen LogP contribution in [0.25, 0.3) is 0 Å². The van der Waals surface area contributed by atoms with E-state index in [0.29, 0.717) is 12.2 Å². The summed E-state index contributed by atoms with van der Waals surface area (Å²) in [5, 5.41) is 13.1. The first-order valence-electron chi connectivity index (χ1n) is 4.90. The van der Waals surface area contributed by atoms with E-state index in [2.05, 4.69) is 5.32 Å². The Labute approximate surface area is 92.0 Å². The van der Waals surface area contributed by atoms with Crippen molar-refractivity contribution in [1.29, 1.82) is 0 Å². The highest BCUT2D eigenvalue weighted by atomic mass is 16.6. The van der Waals surface area contributed by atoms with Crippen molar-refractivity contribution in [2.45, 2.75) is 6.42 Å². The molecule has 0 aliphatic carbocycles. The number of nitro groups is 1. The second kappa shape index (κ2) is 3.80. The number of rotatable bonds is 1. The van der Waals surface area contributed by atoms with Gasteiger partial charge in [-0.05, 0) is 12.0 Å². The minimum atomic E-state index is -0.458. The minimum Gasteiger partial charge on any atom is -0.341 e. The second-order valence-electron chi connectivity index (χ2n) is 3.53. The predicted molar refractivity (Wildman–Crippen MR) is 58.6 cm³/mol. The van der Waals surface area contributed by atoms with Gasteiger partial charge in [0.15, 0.2) is 0 Å². The molecule has 0 saturated heterocycles. The summed E-state index contributed by atoms with van der Waals surface area (Å²) in [6, 6.07) is 4.37. The van der Waals surface area contributed by atoms with Crippen LogP contribution in [0.15, 0.2) is 18.2 Å². The standard InChI is InChI=1S/C10H11N3O3/c1-11-10(14)12-5-4-7-2-3-8(13(15)16)6-9(7)12/h2-3,6H,4-5H2,1H3,(H,11,14). The number of non-ortho nitro benzene ring substituents is 1. The molecule has 1 aromatic carbocycles. The normalized spacial score (nSPS) is 13.4. The zero-order valence-electron chi connectivity index (χ0n) is 8.77. The molecular formula is C10H11N3O3. The molecule has 6 nitrogen and oxygen atoms in total. The third-order valence-corrected chi connectivity index (χ3v) is 2.63. The number of nitrogens with zero attached hydrogens (tertiary/aromatic N) is 2. The molecule has 1 N–H and O–H groups in total. The van der Waals surface area contributed by atoms with Crippen molar-refractivity contribution >= 4 is 17.4 Å². The van der Waals surface area contributed by atoms with Gasteiger partial charge in [-0.1, -0.05) is 6.07 Å². The Kier molecular flexibility index (Phi) is 2.47. The molecule has 1 aromatic rings. The summed E-state index contributed by atoms with van der Waals surface area (Å²) < 4.78 is 0. The number of carbonyl (C=O) groups is 1. The van der Waals surface area contributed by atoms with E-state index >= 15 is 0 Å². The van der Waals surface area contributed by atoms with E-state index in [1.54, 1.807) is 6.07 Å². The molecule has 6 heteroatoms. The van der Waals surface area contributed by atoms with Crippen molar-refractivity contribution in [2.24, 2.45) is 0 Å². The van der Waals surface area contributed by atoms with E-state index in [9.17, 15) is 14.9 Å². The number of hydrogen-bond acceptors (Lipinski definition) is 3. The van der Waals surface area contributed by atoms with Crippen LogP contribution in [0.3, 0.4) is 0 Å². The van der Waals surface area contributed by atoms with Gasteiger partial charge >= 0.3 is 6.03 Å². The van der Waals surface area contributed by atoms with Gasteiger partial charge in [-0.2, -0.15) is 0 Å². The van der Waals surface area contributed by atoms with Gasteiger partial charge in [0.05, 0.1) is 10.6 Å². The molecule has 0 fully saturated rings. The maximum atomic E-state index is 11.5. The zero-order valence-corrected chi connectivity index (χ0v) is 8.77. The molecule has 0 bridgehead atoms. The van der Waals surface area contributed by atoms with Gasteiger partial charge in [0.25, 0.3) is 5.69 Å². The number of anilines is 1. The number of nitrogens with one attached hydrogen (secondary N) is 1. The summed E-state index contributed by atoms with van der Waals surface area (Å²) in [5.41, 5.74) is 1.61. The molecule has 0 unspecified atom stereocenters. The lowest BCUT2D eigenvalue weighted by Crippen LogP contribution is -2.36. The molecule has 0 atom stereocenters. The fraction of sp³-hybridized carbons (Fsp3) is 0.300. The summed E-state index contributed by atoms with van der Waals surface area (Å²) in [7, 11) is 1.54. The average Bonchev–Trinajstić information content (AvgIpc) is 2.70. The van der Waals surface area contributed by atoms with Gasteiger partial charge in [0.2, 0.25) is 0 Å². The summed E-state index contributed by atoms with van der Waals surface area (Å²) in [5.74, 6) is 0. The van der Waals surface area contributed by atoms with Crippen LogP contribution in [0.1, 0.15) is 5.56 Å². The molecule has 1 aliphatic heterocycles. The second-order valence-corrected chi connectivity index (χ2v) is 3.53. The smallest absolute Gasteiger partial charge is 0.321 e. The van der Waals surface area contributed by atoms with E-state index in [0.717, 1.165) is 12.0 Å². The quantitative estimate of drug-likeness (QED) is 0.573. The first-order chi connectivity index (χ1) is 7.63. The zero-order chi connectivity index (χ0) is 11.7. The molecule has 0 spiro atoms. The van der Waals surface area contributed by atoms with Gasteiger partial charge in [0, 0.05) is 25.7 Å². The van der Waals surface area contributed by atoms with Crippen LogP contribution in [-0.2, 0) is 6.42 Å². The van der Waals surface area contributed by atoms with E-state index in [-0.39, 0.29) is 11.7 Å². The van der Waals surface area contributed by atoms with Gasteiger partial charge in [-0.15, -0.1) is 0 Å². The lowest BCUT2D eigenvalue weighted by atomic mass is 10.1. The van der Waals surface area contributed by atoms with E-state index in [4.69, 9.17) is 0 Å². The Morgan fingerprint density at radius 3 is 2.94 bits per heavy atom. The number of nitro benzene ring substituents is 1. The maximum Gasteiger partial charge on any atom is 0.321 e. The number of hydrogen-bond donors (Lipinski definition) is 1. The Morgan fingerprint density at radius 1 is 1.56 bits per heavy atom. The van der Waals surface area contributed by atoms with Crippen LogP contribution in [0.4, 0.5) is 16.2 Å². The molecule has 84 valence electrons. The molecule has 0 radical (unpaired) electrons. The summed E-state index contributed by atoms with van der Waals surface area (Å²) >= 11 is 0. The van der Waals surface area contributed by atoms with Crippen LogP contribution in [0.2, 0.25) is 0 Å². The largest absolute Gasteiger partial charge is 0.341 e. The third-order valence-electron chi connectivity index (χ3n) is 2.63. The van der Waals surface area contributed by atoms with Crippen LogP contribution in [0, 0.1) is 10.1 Å². The topological polar surface area (TPSA) is 75.5 Å². The summed E-state index contributed by atoms with van der Waals surface area (Å²) in [6.45, 7) is 0.566. The number of urea groups is 1. The van der Waals surface area contributed by atoms with E-state index in [1.165, 1.54) is 24.1 Å². The van der Waals surface area contributed by atoms with Crippen LogP contribution in [-0.4, -0.2) is 24.5 Å². The first-order valence-corrected chi connectivity index (χ1v) is 4.90. The molecule has 2 amide bonds. The Balaban J connectivity index is 2.40. The number of fused-ring (bicyclic) bond motifs is 1. The predicted octanol–water partition coefficient (Wildman–Crippen LogP) is 1.30. The SMILES string of the molecule is CNC(=O)N1CCc2ccc([N+](=O)[O-])cc21. The maximum absolute atomic E-state index is 11.5. The fourth-order valence-electron chi connectivity index (χ4n) is 1.83. The molecule has 16 heavy (non-hydrogen) atoms. The first kappa shape index (κ1) is 10.4. The molecule has 0 saturated carbocycles. The molecule has 0 aromatic heterocycles. The highest BCUT2D eigenvalue weighted by Crippen LogP contribution is 2.31. The number of amides is 2. The molecule has 1 aliphatic rings. The van der Waals surface area contributed by atoms with Gasteiger partial charge in [-0.25, -0.2) is 4.79 Å². The Morgan fingerprint density at radius 2 is 2.31 bits per heavy atom. The number of benzene rings is 1. The average molecular weight is 221 g/mol. The van der Waals surface area contributed by atoms with Crippen molar-refractivity contribution in [2.75, 3.05) is 18.5 Å². The summed E-state index contributed by atoms with van der Waals surface area (Å²) in [4.78, 5) is 23.2. The third kappa shape index (κ3) is 1.58. The molecule has 1 heterocycles. The van der Waals surface area contributed by atoms with Gasteiger partial charge < -0.3 is 5.32 Å². The van der Waals surface area contributed by atoms with Crippen molar-refractivity contribution < 1.29 is 9.72 Å². The fourth-order valence-corrected chi connectivity index (χ4v) is 1.83. The Hall–Kier alpha value is -2.11. The van der Waals surface area contributed by atoms with Crippen molar-refractivity contribution in [3.63, 3.8) is 0 Å². The molecular weight excluding hydrogens is 210 g/mol. The van der Waals surface area contributed by atoms with E-state index in [1.807, 2.05) is 0 Å². The highest BCUT2D eigenvalue weighted by molar-refractivity contribution is 5.94. The van der Waals surface area contributed by atoms with Crippen LogP contribution >= 0.6 is 0 Å². The van der Waals surface area contributed by atoms with Crippen molar-refractivity contribution in [1.82, 2.24) is 5.32 Å². The summed E-state index contributed by atoms with van der Waals surface area (Å²) in [6.07, 6.45) is 0.737. The van der Waals surface area contributed by atoms with Crippen LogP contribution < -0.4 is 10.2 Å². The lowest BCUT2D eigenvalue weighted by molar-refractivity contribution is -0.384.